The van der Waals surface area contributed by atoms with Crippen molar-refractivity contribution in [3.05, 3.63) is 99.5 Å². The fourth-order valence-electron chi connectivity index (χ4n) is 2.65. The summed E-state index contributed by atoms with van der Waals surface area (Å²) in [6.45, 7) is 0. The van der Waals surface area contributed by atoms with Crippen LogP contribution < -0.4 is 5.32 Å². The number of rotatable bonds is 6. The van der Waals surface area contributed by atoms with Crippen LogP contribution in [0.4, 0.5) is 5.69 Å². The van der Waals surface area contributed by atoms with Gasteiger partial charge in [0.15, 0.2) is 5.78 Å². The highest BCUT2D eigenvalue weighted by atomic mass is 79.9. The first-order valence-electron chi connectivity index (χ1n) is 7.97. The molecule has 0 amide bonds. The van der Waals surface area contributed by atoms with Gasteiger partial charge in [0.1, 0.15) is 0 Å². The number of carbonyl (C=O) groups is 1. The molecular weight excluding hydrogens is 398 g/mol. The van der Waals surface area contributed by atoms with Gasteiger partial charge in [0.2, 0.25) is 0 Å². The summed E-state index contributed by atoms with van der Waals surface area (Å²) in [5, 5.41) is 4.14. The third kappa shape index (κ3) is 4.94. The van der Waals surface area contributed by atoms with E-state index >= 15 is 0 Å². The summed E-state index contributed by atoms with van der Waals surface area (Å²) in [6, 6.07) is 24.7. The SMILES string of the molecule is O=C(CC(Nc1cccc(Br)c1)c1ccc(Cl)cc1)c1ccccc1. The zero-order chi connectivity index (χ0) is 17.6. The zero-order valence-corrected chi connectivity index (χ0v) is 15.8. The van der Waals surface area contributed by atoms with Crippen molar-refractivity contribution in [2.75, 3.05) is 5.32 Å². The Labute approximate surface area is 161 Å². The van der Waals surface area contributed by atoms with Crippen LogP contribution in [-0.4, -0.2) is 5.78 Å². The van der Waals surface area contributed by atoms with E-state index in [-0.39, 0.29) is 11.8 Å². The number of carbonyl (C=O) groups excluding carboxylic acids is 1. The van der Waals surface area contributed by atoms with Crippen molar-refractivity contribution < 1.29 is 4.79 Å². The summed E-state index contributed by atoms with van der Waals surface area (Å²) in [6.07, 6.45) is 0.359. The fourth-order valence-corrected chi connectivity index (χ4v) is 3.18. The van der Waals surface area contributed by atoms with E-state index in [1.165, 1.54) is 0 Å². The molecule has 2 nitrogen and oxygen atoms in total. The normalized spacial score (nSPS) is 11.8. The van der Waals surface area contributed by atoms with Gasteiger partial charge in [0.25, 0.3) is 0 Å². The molecule has 0 fully saturated rings. The largest absolute Gasteiger partial charge is 0.378 e. The minimum atomic E-state index is -0.140. The highest BCUT2D eigenvalue weighted by molar-refractivity contribution is 9.10. The van der Waals surface area contributed by atoms with E-state index in [0.29, 0.717) is 11.4 Å². The van der Waals surface area contributed by atoms with E-state index in [1.807, 2.05) is 78.9 Å². The summed E-state index contributed by atoms with van der Waals surface area (Å²) in [4.78, 5) is 12.7. The van der Waals surface area contributed by atoms with Crippen LogP contribution in [0.5, 0.6) is 0 Å². The summed E-state index contributed by atoms with van der Waals surface area (Å²) in [7, 11) is 0. The molecule has 0 spiro atoms. The fraction of sp³-hybridized carbons (Fsp3) is 0.0952. The Kier molecular flexibility index (Phi) is 5.90. The second-order valence-electron chi connectivity index (χ2n) is 5.75. The molecule has 0 radical (unpaired) electrons. The summed E-state index contributed by atoms with van der Waals surface area (Å²) >= 11 is 9.49. The minimum Gasteiger partial charge on any atom is -0.378 e. The van der Waals surface area contributed by atoms with Gasteiger partial charge >= 0.3 is 0 Å². The number of Topliss-reactive ketones (excluding diaryl/α,β-unsaturated/α-hetero) is 1. The van der Waals surface area contributed by atoms with Gasteiger partial charge in [0.05, 0.1) is 6.04 Å². The van der Waals surface area contributed by atoms with Crippen LogP contribution in [0.1, 0.15) is 28.4 Å². The molecule has 126 valence electrons. The molecule has 0 saturated heterocycles. The lowest BCUT2D eigenvalue weighted by atomic mass is 9.97. The summed E-state index contributed by atoms with van der Waals surface area (Å²) in [5.74, 6) is 0.100. The molecule has 1 unspecified atom stereocenters. The van der Waals surface area contributed by atoms with Gasteiger partial charge in [-0.25, -0.2) is 0 Å². The number of hydrogen-bond donors (Lipinski definition) is 1. The zero-order valence-electron chi connectivity index (χ0n) is 13.5. The lowest BCUT2D eigenvalue weighted by molar-refractivity contribution is 0.0976. The smallest absolute Gasteiger partial charge is 0.165 e. The van der Waals surface area contributed by atoms with E-state index in [9.17, 15) is 4.79 Å². The second kappa shape index (κ2) is 8.32. The lowest BCUT2D eigenvalue weighted by Gasteiger charge is -2.20. The number of nitrogens with one attached hydrogen (secondary N) is 1. The molecule has 1 atom stereocenters. The first-order valence-corrected chi connectivity index (χ1v) is 9.15. The van der Waals surface area contributed by atoms with Crippen molar-refractivity contribution in [1.82, 2.24) is 0 Å². The molecule has 25 heavy (non-hydrogen) atoms. The highest BCUT2D eigenvalue weighted by Crippen LogP contribution is 2.27. The van der Waals surface area contributed by atoms with E-state index in [1.54, 1.807) is 0 Å². The molecule has 0 aliphatic heterocycles. The Hall–Kier alpha value is -2.10. The van der Waals surface area contributed by atoms with Crippen molar-refractivity contribution in [2.24, 2.45) is 0 Å². The van der Waals surface area contributed by atoms with Crippen LogP contribution in [0.25, 0.3) is 0 Å². The van der Waals surface area contributed by atoms with Crippen molar-refractivity contribution in [2.45, 2.75) is 12.5 Å². The Morgan fingerprint density at radius 1 is 0.960 bits per heavy atom. The molecule has 0 bridgehead atoms. The Bertz CT molecular complexity index is 849. The molecule has 3 aromatic rings. The van der Waals surface area contributed by atoms with Crippen molar-refractivity contribution >= 4 is 39.0 Å². The van der Waals surface area contributed by atoms with Gasteiger partial charge < -0.3 is 5.32 Å². The molecule has 3 aromatic carbocycles. The van der Waals surface area contributed by atoms with Crippen LogP contribution in [-0.2, 0) is 0 Å². The lowest BCUT2D eigenvalue weighted by Crippen LogP contribution is -2.15. The van der Waals surface area contributed by atoms with Gasteiger partial charge in [-0.2, -0.15) is 0 Å². The summed E-state index contributed by atoms with van der Waals surface area (Å²) in [5.41, 5.74) is 2.70. The molecular formula is C21H17BrClNO. The average molecular weight is 415 g/mol. The van der Waals surface area contributed by atoms with Crippen molar-refractivity contribution in [3.8, 4) is 0 Å². The highest BCUT2D eigenvalue weighted by Gasteiger charge is 2.17. The van der Waals surface area contributed by atoms with Gasteiger partial charge in [-0.15, -0.1) is 0 Å². The maximum absolute atomic E-state index is 12.7. The van der Waals surface area contributed by atoms with E-state index in [2.05, 4.69) is 21.2 Å². The van der Waals surface area contributed by atoms with Crippen LogP contribution >= 0.6 is 27.5 Å². The van der Waals surface area contributed by atoms with E-state index in [0.717, 1.165) is 21.3 Å². The maximum atomic E-state index is 12.7. The van der Waals surface area contributed by atoms with Crippen molar-refractivity contribution in [3.63, 3.8) is 0 Å². The quantitative estimate of drug-likeness (QED) is 0.465. The average Bonchev–Trinajstić information content (AvgIpc) is 2.62. The molecule has 4 heteroatoms. The van der Waals surface area contributed by atoms with Crippen LogP contribution in [0.15, 0.2) is 83.3 Å². The van der Waals surface area contributed by atoms with Gasteiger partial charge in [0, 0.05) is 27.2 Å². The first kappa shape index (κ1) is 17.7. The number of halogens is 2. The third-order valence-corrected chi connectivity index (χ3v) is 4.67. The van der Waals surface area contributed by atoms with Crippen LogP contribution in [0.3, 0.4) is 0 Å². The first-order chi connectivity index (χ1) is 12.1. The predicted molar refractivity (Wildman–Crippen MR) is 107 cm³/mol. The van der Waals surface area contributed by atoms with E-state index < -0.39 is 0 Å². The molecule has 0 aliphatic carbocycles. The molecule has 3 rings (SSSR count). The molecule has 0 aromatic heterocycles. The minimum absolute atomic E-state index is 0.100. The number of ketones is 1. The topological polar surface area (TPSA) is 29.1 Å². The molecule has 0 heterocycles. The maximum Gasteiger partial charge on any atom is 0.165 e. The summed E-state index contributed by atoms with van der Waals surface area (Å²) < 4.78 is 0.988. The Morgan fingerprint density at radius 2 is 1.68 bits per heavy atom. The van der Waals surface area contributed by atoms with Crippen LogP contribution in [0.2, 0.25) is 5.02 Å². The van der Waals surface area contributed by atoms with Gasteiger partial charge in [-0.3, -0.25) is 4.79 Å². The second-order valence-corrected chi connectivity index (χ2v) is 7.10. The molecule has 1 N–H and O–H groups in total. The van der Waals surface area contributed by atoms with E-state index in [4.69, 9.17) is 11.6 Å². The van der Waals surface area contributed by atoms with Crippen molar-refractivity contribution in [1.29, 1.82) is 0 Å². The third-order valence-electron chi connectivity index (χ3n) is 3.92. The standard InChI is InChI=1S/C21H17BrClNO/c22-17-7-4-8-19(13-17)24-20(15-9-11-18(23)12-10-15)14-21(25)16-5-2-1-3-6-16/h1-13,20,24H,14H2. The number of anilines is 1. The van der Waals surface area contributed by atoms with Gasteiger partial charge in [-0.05, 0) is 35.9 Å². The Morgan fingerprint density at radius 3 is 2.36 bits per heavy atom. The predicted octanol–water partition coefficient (Wildman–Crippen LogP) is 6.53. The number of hydrogen-bond acceptors (Lipinski definition) is 2. The van der Waals surface area contributed by atoms with Crippen LogP contribution in [0, 0.1) is 0 Å². The van der Waals surface area contributed by atoms with Gasteiger partial charge in [-0.1, -0.05) is 76.1 Å². The number of benzene rings is 3. The monoisotopic (exact) mass is 413 g/mol. The molecule has 0 saturated carbocycles. The Balaban J connectivity index is 1.86. The molecule has 0 aliphatic rings.